The maximum atomic E-state index is 13.1. The molecular weight excluding hydrogens is 333 g/mol. The Morgan fingerprint density at radius 1 is 1.12 bits per heavy atom. The van der Waals surface area contributed by atoms with E-state index in [0.717, 1.165) is 22.2 Å². The molecule has 0 spiro atoms. The van der Waals surface area contributed by atoms with E-state index in [-0.39, 0.29) is 12.5 Å². The van der Waals surface area contributed by atoms with Crippen LogP contribution in [0.3, 0.4) is 0 Å². The molecule has 2 amide bonds. The lowest BCUT2D eigenvalue weighted by atomic mass is 9.99. The van der Waals surface area contributed by atoms with Crippen LogP contribution in [0.15, 0.2) is 48.5 Å². The van der Waals surface area contributed by atoms with Gasteiger partial charge in [0.05, 0.1) is 5.92 Å². The maximum Gasteiger partial charge on any atom is 0.253 e. The molecule has 3 aromatic rings. The summed E-state index contributed by atoms with van der Waals surface area (Å²) in [6.45, 7) is 0.667. The quantitative estimate of drug-likeness (QED) is 0.744. The number of hydrogen-bond acceptors (Lipinski definition) is 2. The van der Waals surface area contributed by atoms with E-state index in [2.05, 4.69) is 4.98 Å². The Kier molecular flexibility index (Phi) is 3.95. The van der Waals surface area contributed by atoms with E-state index >= 15 is 0 Å². The van der Waals surface area contributed by atoms with Crippen molar-refractivity contribution < 1.29 is 14.0 Å². The molecule has 0 radical (unpaired) electrons. The smallest absolute Gasteiger partial charge is 0.253 e. The first-order valence-electron chi connectivity index (χ1n) is 8.48. The van der Waals surface area contributed by atoms with Gasteiger partial charge in [-0.3, -0.25) is 9.59 Å². The third-order valence-electron chi connectivity index (χ3n) is 4.95. The van der Waals surface area contributed by atoms with Crippen LogP contribution < -0.4 is 5.73 Å². The summed E-state index contributed by atoms with van der Waals surface area (Å²) < 4.78 is 13.1. The van der Waals surface area contributed by atoms with E-state index < -0.39 is 17.6 Å². The molecule has 0 fully saturated rings. The Hall–Kier alpha value is -3.15. The minimum absolute atomic E-state index is 0.200. The van der Waals surface area contributed by atoms with Crippen molar-refractivity contribution in [3.63, 3.8) is 0 Å². The van der Waals surface area contributed by atoms with Crippen molar-refractivity contribution in [1.29, 1.82) is 0 Å². The number of carbonyl (C=O) groups excluding carboxylic acids is 2. The number of rotatable bonds is 2. The van der Waals surface area contributed by atoms with Gasteiger partial charge in [0.2, 0.25) is 5.91 Å². The van der Waals surface area contributed by atoms with Crippen LogP contribution in [0, 0.1) is 5.82 Å². The van der Waals surface area contributed by atoms with Gasteiger partial charge in [-0.05, 0) is 42.3 Å². The number of halogens is 1. The number of hydrogen-bond donors (Lipinski definition) is 2. The number of para-hydroxylation sites is 1. The molecule has 2 aromatic carbocycles. The van der Waals surface area contributed by atoms with Gasteiger partial charge in [0.25, 0.3) is 5.91 Å². The molecule has 5 nitrogen and oxygen atoms in total. The van der Waals surface area contributed by atoms with Gasteiger partial charge >= 0.3 is 0 Å². The molecule has 26 heavy (non-hydrogen) atoms. The van der Waals surface area contributed by atoms with E-state index in [4.69, 9.17) is 5.73 Å². The molecule has 1 aliphatic rings. The molecule has 6 heteroatoms. The molecular formula is C20H18FN3O2. The summed E-state index contributed by atoms with van der Waals surface area (Å²) >= 11 is 0. The van der Waals surface area contributed by atoms with Crippen molar-refractivity contribution in [1.82, 2.24) is 9.88 Å². The highest BCUT2D eigenvalue weighted by Gasteiger charge is 2.32. The molecule has 3 N–H and O–H groups in total. The highest BCUT2D eigenvalue weighted by molar-refractivity contribution is 5.95. The second-order valence-corrected chi connectivity index (χ2v) is 6.53. The van der Waals surface area contributed by atoms with Gasteiger partial charge in [-0.1, -0.05) is 18.2 Å². The lowest BCUT2D eigenvalue weighted by Gasteiger charge is -2.23. The van der Waals surface area contributed by atoms with Gasteiger partial charge in [-0.2, -0.15) is 0 Å². The van der Waals surface area contributed by atoms with Crippen molar-refractivity contribution in [2.45, 2.75) is 12.3 Å². The third-order valence-corrected chi connectivity index (χ3v) is 4.95. The van der Waals surface area contributed by atoms with Crippen LogP contribution in [0.2, 0.25) is 0 Å². The van der Waals surface area contributed by atoms with E-state index in [9.17, 15) is 14.0 Å². The van der Waals surface area contributed by atoms with Gasteiger partial charge in [0.15, 0.2) is 0 Å². The van der Waals surface area contributed by atoms with Crippen LogP contribution in [0.4, 0.5) is 4.39 Å². The van der Waals surface area contributed by atoms with E-state index in [1.807, 2.05) is 24.3 Å². The molecule has 0 aliphatic carbocycles. The number of aromatic nitrogens is 1. The van der Waals surface area contributed by atoms with Crippen LogP contribution >= 0.6 is 0 Å². The highest BCUT2D eigenvalue weighted by Crippen LogP contribution is 2.31. The largest absolute Gasteiger partial charge is 0.369 e. The van der Waals surface area contributed by atoms with E-state index in [1.165, 1.54) is 24.3 Å². The summed E-state index contributed by atoms with van der Waals surface area (Å²) in [5.41, 5.74) is 8.81. The average molecular weight is 351 g/mol. The Bertz CT molecular complexity index is 994. The zero-order chi connectivity index (χ0) is 18.3. The molecule has 1 aromatic heterocycles. The number of nitrogens with zero attached hydrogens (tertiary/aromatic N) is 1. The van der Waals surface area contributed by atoms with Crippen molar-refractivity contribution in [2.75, 3.05) is 13.1 Å². The number of primary amides is 1. The van der Waals surface area contributed by atoms with Gasteiger partial charge in [0, 0.05) is 35.2 Å². The molecule has 1 atom stereocenters. The predicted molar refractivity (Wildman–Crippen MR) is 96.2 cm³/mol. The number of nitrogens with one attached hydrogen (secondary N) is 1. The molecule has 0 saturated carbocycles. The first-order chi connectivity index (χ1) is 12.5. The Labute approximate surface area is 149 Å². The Morgan fingerprint density at radius 3 is 2.58 bits per heavy atom. The summed E-state index contributed by atoms with van der Waals surface area (Å²) in [5.74, 6) is -1.71. The van der Waals surface area contributed by atoms with Crippen molar-refractivity contribution in [3.8, 4) is 0 Å². The minimum atomic E-state index is -0.607. The molecule has 0 saturated heterocycles. The third kappa shape index (κ3) is 2.73. The Balaban J connectivity index is 1.71. The van der Waals surface area contributed by atoms with Crippen LogP contribution in [-0.4, -0.2) is 34.8 Å². The van der Waals surface area contributed by atoms with E-state index in [0.29, 0.717) is 18.5 Å². The van der Waals surface area contributed by atoms with Gasteiger partial charge in [-0.15, -0.1) is 0 Å². The lowest BCUT2D eigenvalue weighted by Crippen LogP contribution is -2.38. The van der Waals surface area contributed by atoms with Crippen molar-refractivity contribution >= 4 is 22.7 Å². The summed E-state index contributed by atoms with van der Waals surface area (Å²) in [7, 11) is 0. The van der Waals surface area contributed by atoms with Crippen molar-refractivity contribution in [2.24, 2.45) is 5.73 Å². The Morgan fingerprint density at radius 2 is 1.85 bits per heavy atom. The van der Waals surface area contributed by atoms with Gasteiger partial charge in [-0.25, -0.2) is 4.39 Å². The fraction of sp³-hybridized carbons (Fsp3) is 0.200. The number of carbonyl (C=O) groups is 2. The average Bonchev–Trinajstić information content (AvgIpc) is 2.89. The monoisotopic (exact) mass is 351 g/mol. The number of H-pyrrole nitrogens is 1. The molecule has 132 valence electrons. The van der Waals surface area contributed by atoms with Crippen LogP contribution in [0.5, 0.6) is 0 Å². The molecule has 4 rings (SSSR count). The maximum absolute atomic E-state index is 13.1. The molecule has 1 aliphatic heterocycles. The summed E-state index contributed by atoms with van der Waals surface area (Å²) in [5, 5.41) is 1.05. The first kappa shape index (κ1) is 16.3. The number of benzene rings is 2. The highest BCUT2D eigenvalue weighted by atomic mass is 19.1. The van der Waals surface area contributed by atoms with Crippen molar-refractivity contribution in [3.05, 3.63) is 71.2 Å². The van der Waals surface area contributed by atoms with Gasteiger partial charge < -0.3 is 15.6 Å². The fourth-order valence-electron chi connectivity index (χ4n) is 3.63. The summed E-state index contributed by atoms with van der Waals surface area (Å²) in [6.07, 6.45) is 0.621. The first-order valence-corrected chi connectivity index (χ1v) is 8.48. The summed E-state index contributed by atoms with van der Waals surface area (Å²) in [4.78, 5) is 29.8. The lowest BCUT2D eigenvalue weighted by molar-refractivity contribution is -0.119. The van der Waals surface area contributed by atoms with Gasteiger partial charge in [0.1, 0.15) is 5.82 Å². The standard InChI is InChI=1S/C20H18FN3O2/c21-13-7-5-12(6-8-13)20(26)24-10-9-15-14-3-1-2-4-17(14)23-18(15)16(11-24)19(22)25/h1-8,16,23H,9-11H2,(H2,22,25). The SMILES string of the molecule is NC(=O)C1CN(C(=O)c2ccc(F)cc2)CCc2c1[nH]c1ccccc21. The van der Waals surface area contributed by atoms with Crippen LogP contribution in [-0.2, 0) is 11.2 Å². The normalized spacial score (nSPS) is 17.0. The number of fused-ring (bicyclic) bond motifs is 3. The van der Waals surface area contributed by atoms with Crippen LogP contribution in [0.1, 0.15) is 27.5 Å². The second-order valence-electron chi connectivity index (χ2n) is 6.53. The number of aromatic amines is 1. The molecule has 1 unspecified atom stereocenters. The summed E-state index contributed by atoms with van der Waals surface area (Å²) in [6, 6.07) is 13.3. The zero-order valence-corrected chi connectivity index (χ0v) is 14.0. The fourth-order valence-corrected chi connectivity index (χ4v) is 3.63. The van der Waals surface area contributed by atoms with E-state index in [1.54, 1.807) is 4.90 Å². The zero-order valence-electron chi connectivity index (χ0n) is 14.0. The molecule has 0 bridgehead atoms. The second kappa shape index (κ2) is 6.29. The number of nitrogens with two attached hydrogens (primary N) is 1. The van der Waals surface area contributed by atoms with Crippen LogP contribution in [0.25, 0.3) is 10.9 Å². The minimum Gasteiger partial charge on any atom is -0.369 e. The predicted octanol–water partition coefficient (Wildman–Crippen LogP) is 2.57. The molecule has 2 heterocycles. The topological polar surface area (TPSA) is 79.2 Å². The number of amides is 2.